The highest BCUT2D eigenvalue weighted by molar-refractivity contribution is 5.77. The number of rotatable bonds is 7. The van der Waals surface area contributed by atoms with Crippen molar-refractivity contribution in [3.8, 4) is 0 Å². The van der Waals surface area contributed by atoms with E-state index >= 15 is 0 Å². The first-order valence-electron chi connectivity index (χ1n) is 8.07. The maximum absolute atomic E-state index is 11.7. The molecule has 0 bridgehead atoms. The predicted octanol–water partition coefficient (Wildman–Crippen LogP) is -0.529. The zero-order valence-corrected chi connectivity index (χ0v) is 14.3. The van der Waals surface area contributed by atoms with Crippen LogP contribution in [0.3, 0.4) is 0 Å². The van der Waals surface area contributed by atoms with E-state index in [9.17, 15) is 4.79 Å². The highest BCUT2D eigenvalue weighted by atomic mass is 16.5. The van der Waals surface area contributed by atoms with Gasteiger partial charge in [0.1, 0.15) is 25.7 Å². The molecule has 23 heavy (non-hydrogen) atoms. The van der Waals surface area contributed by atoms with E-state index in [1.165, 1.54) is 23.3 Å². The fraction of sp³-hybridized carbons (Fsp3) is 0.588. The van der Waals surface area contributed by atoms with Gasteiger partial charge in [-0.1, -0.05) is 12.1 Å². The smallest absolute Gasteiger partial charge is 0.246 e. The van der Waals surface area contributed by atoms with E-state index < -0.39 is 0 Å². The average molecular weight is 322 g/mol. The number of benzene rings is 1. The first-order chi connectivity index (χ1) is 11.1. The molecule has 128 valence electrons. The van der Waals surface area contributed by atoms with Crippen molar-refractivity contribution in [3.05, 3.63) is 29.8 Å². The summed E-state index contributed by atoms with van der Waals surface area (Å²) in [7, 11) is 5.60. The van der Waals surface area contributed by atoms with Crippen LogP contribution < -0.4 is 15.1 Å². The second-order valence-corrected chi connectivity index (χ2v) is 6.05. The molecule has 6 nitrogen and oxygen atoms in total. The van der Waals surface area contributed by atoms with Crippen LogP contribution in [0, 0.1) is 0 Å². The zero-order valence-electron chi connectivity index (χ0n) is 14.3. The summed E-state index contributed by atoms with van der Waals surface area (Å²) >= 11 is 0. The van der Waals surface area contributed by atoms with E-state index in [0.717, 1.165) is 26.3 Å². The number of nitrogens with one attached hydrogen (secondary N) is 2. The molecule has 0 aromatic heterocycles. The van der Waals surface area contributed by atoms with Crippen molar-refractivity contribution in [1.29, 1.82) is 0 Å². The zero-order chi connectivity index (χ0) is 16.7. The quantitative estimate of drug-likeness (QED) is 0.709. The highest BCUT2D eigenvalue weighted by Crippen LogP contribution is 2.16. The minimum atomic E-state index is -0.0740. The molecule has 1 aliphatic heterocycles. The maximum Gasteiger partial charge on any atom is 0.246 e. The fourth-order valence-corrected chi connectivity index (χ4v) is 2.88. The van der Waals surface area contributed by atoms with E-state index in [-0.39, 0.29) is 18.6 Å². The molecule has 1 fully saturated rings. The first kappa shape index (κ1) is 17.7. The lowest BCUT2D eigenvalue weighted by atomic mass is 10.0. The Kier molecular flexibility index (Phi) is 6.83. The molecular formula is C17H28N3O3+. The van der Waals surface area contributed by atoms with Gasteiger partial charge in [0, 0.05) is 32.5 Å². The van der Waals surface area contributed by atoms with Gasteiger partial charge in [0.15, 0.2) is 0 Å². The van der Waals surface area contributed by atoms with Gasteiger partial charge in [-0.15, -0.1) is 0 Å². The summed E-state index contributed by atoms with van der Waals surface area (Å²) in [6.45, 7) is 4.17. The lowest BCUT2D eigenvalue weighted by Gasteiger charge is -2.32. The van der Waals surface area contributed by atoms with Crippen LogP contribution in [0.5, 0.6) is 0 Å². The number of hydrogen-bond donors (Lipinski definition) is 2. The van der Waals surface area contributed by atoms with E-state index in [2.05, 4.69) is 34.5 Å². The lowest BCUT2D eigenvalue weighted by molar-refractivity contribution is -0.937. The van der Waals surface area contributed by atoms with Gasteiger partial charge in [0.2, 0.25) is 5.91 Å². The molecule has 1 aromatic carbocycles. The van der Waals surface area contributed by atoms with Gasteiger partial charge in [-0.2, -0.15) is 0 Å². The topological polar surface area (TPSA) is 55.2 Å². The number of quaternary nitrogens is 1. The molecule has 0 aliphatic carbocycles. The normalized spacial score (nSPS) is 16.8. The number of morpholine rings is 1. The maximum atomic E-state index is 11.7. The van der Waals surface area contributed by atoms with E-state index in [1.807, 2.05) is 14.1 Å². The first-order valence-corrected chi connectivity index (χ1v) is 8.07. The van der Waals surface area contributed by atoms with Crippen molar-refractivity contribution in [2.75, 3.05) is 65.6 Å². The van der Waals surface area contributed by atoms with Crippen LogP contribution in [0.4, 0.5) is 5.69 Å². The number of carbonyl (C=O) groups is 1. The predicted molar refractivity (Wildman–Crippen MR) is 89.9 cm³/mol. The fourth-order valence-electron chi connectivity index (χ4n) is 2.88. The van der Waals surface area contributed by atoms with Crippen molar-refractivity contribution in [1.82, 2.24) is 5.32 Å². The van der Waals surface area contributed by atoms with Crippen LogP contribution >= 0.6 is 0 Å². The molecule has 2 N–H and O–H groups in total. The Balaban J connectivity index is 2.09. The number of ether oxygens (including phenoxy) is 2. The van der Waals surface area contributed by atoms with Gasteiger partial charge in [0.25, 0.3) is 0 Å². The third-order valence-corrected chi connectivity index (χ3v) is 4.22. The van der Waals surface area contributed by atoms with Gasteiger partial charge in [0.05, 0.1) is 19.8 Å². The van der Waals surface area contributed by atoms with Crippen LogP contribution in [0.1, 0.15) is 11.6 Å². The van der Waals surface area contributed by atoms with Crippen LogP contribution in [-0.2, 0) is 14.3 Å². The van der Waals surface area contributed by atoms with Gasteiger partial charge in [-0.05, 0) is 12.1 Å². The summed E-state index contributed by atoms with van der Waals surface area (Å²) in [6, 6.07) is 8.80. The monoisotopic (exact) mass is 322 g/mol. The molecule has 0 radical (unpaired) electrons. The van der Waals surface area contributed by atoms with Gasteiger partial charge in [-0.25, -0.2) is 0 Å². The number of methoxy groups -OCH3 is 1. The number of amides is 1. The van der Waals surface area contributed by atoms with Crippen molar-refractivity contribution in [2.45, 2.75) is 6.04 Å². The minimum absolute atomic E-state index is 0.0740. The Morgan fingerprint density at radius 1 is 1.30 bits per heavy atom. The molecule has 0 saturated carbocycles. The third kappa shape index (κ3) is 5.20. The summed E-state index contributed by atoms with van der Waals surface area (Å²) in [4.78, 5) is 15.3. The Morgan fingerprint density at radius 2 is 1.96 bits per heavy atom. The summed E-state index contributed by atoms with van der Waals surface area (Å²) in [5.41, 5.74) is 2.41. The molecule has 1 saturated heterocycles. The van der Waals surface area contributed by atoms with Crippen molar-refractivity contribution >= 4 is 11.6 Å². The third-order valence-electron chi connectivity index (χ3n) is 4.22. The Morgan fingerprint density at radius 3 is 2.52 bits per heavy atom. The molecule has 6 heteroatoms. The van der Waals surface area contributed by atoms with E-state index in [1.54, 1.807) is 0 Å². The summed E-state index contributed by atoms with van der Waals surface area (Å²) in [6.07, 6.45) is 0. The minimum Gasteiger partial charge on any atom is -0.378 e. The average Bonchev–Trinajstić information content (AvgIpc) is 2.57. The number of anilines is 1. The van der Waals surface area contributed by atoms with E-state index in [4.69, 9.17) is 9.47 Å². The molecule has 1 heterocycles. The van der Waals surface area contributed by atoms with Gasteiger partial charge in [-0.3, -0.25) is 4.79 Å². The highest BCUT2D eigenvalue weighted by Gasteiger charge is 2.26. The molecule has 0 spiro atoms. The molecule has 1 amide bonds. The summed E-state index contributed by atoms with van der Waals surface area (Å²) in [5, 5.41) is 2.98. The van der Waals surface area contributed by atoms with E-state index in [0.29, 0.717) is 6.54 Å². The molecular weight excluding hydrogens is 294 g/mol. The summed E-state index contributed by atoms with van der Waals surface area (Å²) in [5.74, 6) is -0.0740. The Hall–Kier alpha value is -1.63. The van der Waals surface area contributed by atoms with Crippen LogP contribution in [0.25, 0.3) is 0 Å². The number of hydrogen-bond acceptors (Lipinski definition) is 4. The van der Waals surface area contributed by atoms with Crippen molar-refractivity contribution in [2.24, 2.45) is 0 Å². The van der Waals surface area contributed by atoms with Crippen LogP contribution in [0.2, 0.25) is 0 Å². The van der Waals surface area contributed by atoms with Gasteiger partial charge < -0.3 is 24.6 Å². The lowest BCUT2D eigenvalue weighted by Crippen LogP contribution is -3.15. The Bertz CT molecular complexity index is 484. The SMILES string of the molecule is COCC(=O)NC[C@H](c1ccc(N(C)C)cc1)[NH+]1CCOCC1. The molecule has 1 atom stereocenters. The van der Waals surface area contributed by atoms with Gasteiger partial charge >= 0.3 is 0 Å². The molecule has 1 aromatic rings. The largest absolute Gasteiger partial charge is 0.378 e. The second-order valence-electron chi connectivity index (χ2n) is 6.05. The molecule has 0 unspecified atom stereocenters. The summed E-state index contributed by atoms with van der Waals surface area (Å²) < 4.78 is 10.4. The Labute approximate surface area is 138 Å². The van der Waals surface area contributed by atoms with Crippen LogP contribution in [0.15, 0.2) is 24.3 Å². The molecule has 1 aliphatic rings. The van der Waals surface area contributed by atoms with Crippen molar-refractivity contribution in [3.63, 3.8) is 0 Å². The van der Waals surface area contributed by atoms with Crippen LogP contribution in [-0.4, -0.2) is 66.6 Å². The van der Waals surface area contributed by atoms with Crippen molar-refractivity contribution < 1.29 is 19.2 Å². The number of nitrogens with zero attached hydrogens (tertiary/aromatic N) is 1. The number of carbonyl (C=O) groups excluding carboxylic acids is 1. The molecule has 2 rings (SSSR count). The second kappa shape index (κ2) is 8.86. The standard InChI is InChI=1S/C17H27N3O3/c1-19(2)15-6-4-14(5-7-15)16(12-18-17(21)13-22-3)20-8-10-23-11-9-20/h4-7,16H,8-13H2,1-3H3,(H,18,21)/p+1/t16-/m1/s1.